The van der Waals surface area contributed by atoms with Gasteiger partial charge < -0.3 is 56.9 Å². The Bertz CT molecular complexity index is 3670. The number of esters is 2. The molecule has 7 aromatic carbocycles. The molecule has 0 unspecified atom stereocenters. The minimum absolute atomic E-state index is 0.219. The van der Waals surface area contributed by atoms with Gasteiger partial charge in [0, 0.05) is 40.6 Å². The first-order valence-corrected chi connectivity index (χ1v) is 25.7. The number of ether oxygens (including phenoxy) is 10. The Hall–Kier alpha value is -9.22. The van der Waals surface area contributed by atoms with Crippen molar-refractivity contribution in [2.75, 3.05) is 55.9 Å². The van der Waals surface area contributed by atoms with Gasteiger partial charge in [0.2, 0.25) is 11.5 Å². The maximum absolute atomic E-state index is 13.8. The highest BCUT2D eigenvalue weighted by atomic mass is 32.1. The van der Waals surface area contributed by atoms with Crippen LogP contribution in [0.3, 0.4) is 0 Å². The van der Waals surface area contributed by atoms with Crippen LogP contribution in [0.15, 0.2) is 140 Å². The zero-order chi connectivity index (χ0) is 54.7. The summed E-state index contributed by atoms with van der Waals surface area (Å²) in [6.07, 6.45) is 0. The van der Waals surface area contributed by atoms with Gasteiger partial charge in [-0.25, -0.2) is 9.59 Å². The van der Waals surface area contributed by atoms with E-state index in [-0.39, 0.29) is 13.2 Å². The first-order valence-electron chi connectivity index (χ1n) is 24.9. The van der Waals surface area contributed by atoms with E-state index in [0.717, 1.165) is 55.1 Å². The summed E-state index contributed by atoms with van der Waals surface area (Å²) < 4.78 is 67.3. The number of nitrogens with zero attached hydrogens (tertiary/aromatic N) is 3. The van der Waals surface area contributed by atoms with Crippen LogP contribution < -0.4 is 37.9 Å². The molecular formula is C61H58N4O12S. The molecule has 0 fully saturated rings. The van der Waals surface area contributed by atoms with Crippen molar-refractivity contribution in [2.45, 2.75) is 33.6 Å². The molecule has 0 saturated heterocycles. The number of aromatic nitrogens is 4. The number of rotatable bonds is 20. The number of methoxy groups -OCH3 is 6. The second-order valence-corrected chi connectivity index (χ2v) is 18.0. The van der Waals surface area contributed by atoms with Gasteiger partial charge >= 0.3 is 11.9 Å². The van der Waals surface area contributed by atoms with Crippen molar-refractivity contribution in [3.63, 3.8) is 0 Å². The quantitative estimate of drug-likeness (QED) is 0.0714. The first-order chi connectivity index (χ1) is 38.1. The lowest BCUT2D eigenvalue weighted by Crippen LogP contribution is -2.14. The summed E-state index contributed by atoms with van der Waals surface area (Å²) in [7, 11) is 9.35. The molecule has 3 aromatic heterocycles. The van der Waals surface area contributed by atoms with Gasteiger partial charge in [-0.05, 0) is 102 Å². The smallest absolute Gasteiger partial charge is 0.355 e. The largest absolute Gasteiger partial charge is 0.493 e. The number of hydrogen-bond donors (Lipinski definition) is 1. The molecule has 78 heavy (non-hydrogen) atoms. The van der Waals surface area contributed by atoms with Crippen LogP contribution >= 0.6 is 11.7 Å². The lowest BCUT2D eigenvalue weighted by molar-refractivity contribution is 0.0509. The van der Waals surface area contributed by atoms with Crippen molar-refractivity contribution in [3.05, 3.63) is 168 Å². The van der Waals surface area contributed by atoms with Crippen molar-refractivity contribution in [1.29, 1.82) is 0 Å². The van der Waals surface area contributed by atoms with E-state index in [4.69, 9.17) is 47.4 Å². The second-order valence-electron chi connectivity index (χ2n) is 17.5. The molecule has 0 spiro atoms. The number of carbonyl (C=O) groups is 2. The molecule has 0 saturated carbocycles. The summed E-state index contributed by atoms with van der Waals surface area (Å²) in [4.78, 5) is 29.9. The Balaban J connectivity index is 0.000000196. The maximum atomic E-state index is 13.8. The standard InChI is InChI=1S/C34H31N3O6S.C27H27NO6/c1-5-42-34(38)32-31(23-16-29(39-2)33(41-4)30(17-23)40-3)25-13-12-24(43-20-21-9-7-6-8-10-21)18-28(25)37(32)19-22-11-14-26-27(15-22)36-44-35-26;1-5-33-27(29)25-24(18-13-22(30-2)26(32-4)23(14-18)31-3)20-12-11-19(15-21(20)28-25)34-16-17-9-7-6-8-10-17/h6-18H,5,19-20H2,1-4H3;6-15,28H,5,16H2,1-4H3. The Morgan fingerprint density at radius 1 is 0.513 bits per heavy atom. The number of aromatic amines is 1. The minimum atomic E-state index is -0.450. The fourth-order valence-corrected chi connectivity index (χ4v) is 9.77. The van der Waals surface area contributed by atoms with Crippen molar-refractivity contribution >= 4 is 56.5 Å². The average Bonchev–Trinajstić information content (AvgIpc) is 4.34. The van der Waals surface area contributed by atoms with Gasteiger partial charge in [-0.2, -0.15) is 8.75 Å². The summed E-state index contributed by atoms with van der Waals surface area (Å²) in [6.45, 7) is 5.27. The van der Waals surface area contributed by atoms with Crippen molar-refractivity contribution in [2.24, 2.45) is 0 Å². The van der Waals surface area contributed by atoms with Crippen LogP contribution in [0.4, 0.5) is 0 Å². The van der Waals surface area contributed by atoms with E-state index in [0.29, 0.717) is 93.8 Å². The molecule has 0 aliphatic carbocycles. The molecule has 1 N–H and O–H groups in total. The van der Waals surface area contributed by atoms with Crippen LogP contribution in [0.1, 0.15) is 51.5 Å². The van der Waals surface area contributed by atoms with Crippen LogP contribution in [-0.4, -0.2) is 86.1 Å². The summed E-state index contributed by atoms with van der Waals surface area (Å²) in [5, 5.41) is 1.68. The molecule has 0 atom stereocenters. The Morgan fingerprint density at radius 3 is 1.56 bits per heavy atom. The van der Waals surface area contributed by atoms with Crippen LogP contribution in [0.25, 0.3) is 55.1 Å². The third-order valence-corrected chi connectivity index (χ3v) is 13.4. The summed E-state index contributed by atoms with van der Waals surface area (Å²) in [5.74, 6) is 3.32. The van der Waals surface area contributed by atoms with E-state index >= 15 is 0 Å². The van der Waals surface area contributed by atoms with E-state index in [1.165, 1.54) is 11.7 Å². The van der Waals surface area contributed by atoms with E-state index in [1.54, 1.807) is 56.5 Å². The molecule has 0 aliphatic heterocycles. The maximum Gasteiger partial charge on any atom is 0.355 e. The van der Waals surface area contributed by atoms with Gasteiger partial charge in [-0.15, -0.1) is 0 Å². The highest BCUT2D eigenvalue weighted by Crippen LogP contribution is 2.47. The fourth-order valence-electron chi connectivity index (χ4n) is 9.25. The number of nitrogens with one attached hydrogen (secondary N) is 1. The van der Waals surface area contributed by atoms with E-state index in [2.05, 4.69) is 13.7 Å². The molecular weight excluding hydrogens is 1010 g/mol. The lowest BCUT2D eigenvalue weighted by atomic mass is 10.0. The molecule has 3 heterocycles. The van der Waals surface area contributed by atoms with Crippen LogP contribution in [-0.2, 0) is 29.2 Å². The van der Waals surface area contributed by atoms with Crippen molar-refractivity contribution < 1.29 is 57.0 Å². The third kappa shape index (κ3) is 11.3. The number of H-pyrrole nitrogens is 1. The summed E-state index contributed by atoms with van der Waals surface area (Å²) in [5.41, 5.74) is 9.80. The molecule has 10 aromatic rings. The highest BCUT2D eigenvalue weighted by Gasteiger charge is 2.29. The average molecular weight is 1070 g/mol. The minimum Gasteiger partial charge on any atom is -0.493 e. The predicted octanol–water partition coefficient (Wildman–Crippen LogP) is 12.8. The topological polar surface area (TPSA) is 173 Å². The SMILES string of the molecule is CCOC(=O)c1[nH]c2cc(OCc3ccccc3)ccc2c1-c1cc(OC)c(OC)c(OC)c1.CCOC(=O)c1c(-c2cc(OC)c(OC)c(OC)c2)c2ccc(OCc3ccccc3)cc2n1Cc1ccc2nsnc2c1. The zero-order valence-electron chi connectivity index (χ0n) is 44.5. The Labute approximate surface area is 455 Å². The second kappa shape index (κ2) is 24.6. The number of fused-ring (bicyclic) bond motifs is 3. The van der Waals surface area contributed by atoms with Gasteiger partial charge in [0.05, 0.1) is 78.6 Å². The van der Waals surface area contributed by atoms with Gasteiger partial charge in [0.15, 0.2) is 23.0 Å². The molecule has 0 radical (unpaired) electrons. The number of benzene rings is 7. The van der Waals surface area contributed by atoms with Crippen LogP contribution in [0.5, 0.6) is 46.0 Å². The van der Waals surface area contributed by atoms with Gasteiger partial charge in [0.25, 0.3) is 0 Å². The molecule has 0 amide bonds. The van der Waals surface area contributed by atoms with Gasteiger partial charge in [-0.3, -0.25) is 0 Å². The van der Waals surface area contributed by atoms with E-state index in [1.807, 2.05) is 144 Å². The van der Waals surface area contributed by atoms with Gasteiger partial charge in [-0.1, -0.05) is 66.7 Å². The molecule has 400 valence electrons. The van der Waals surface area contributed by atoms with Crippen molar-refractivity contribution in [3.8, 4) is 68.2 Å². The predicted molar refractivity (Wildman–Crippen MR) is 300 cm³/mol. The van der Waals surface area contributed by atoms with Gasteiger partial charge in [0.1, 0.15) is 47.1 Å². The monoisotopic (exact) mass is 1070 g/mol. The third-order valence-electron chi connectivity index (χ3n) is 12.8. The molecule has 10 rings (SSSR count). The summed E-state index contributed by atoms with van der Waals surface area (Å²) in [6, 6.07) is 44.7. The molecule has 16 nitrogen and oxygen atoms in total. The van der Waals surface area contributed by atoms with Crippen molar-refractivity contribution in [1.82, 2.24) is 18.3 Å². The number of carbonyl (C=O) groups excluding carboxylic acids is 2. The highest BCUT2D eigenvalue weighted by molar-refractivity contribution is 7.00. The molecule has 17 heteroatoms. The zero-order valence-corrected chi connectivity index (χ0v) is 45.3. The first kappa shape index (κ1) is 53.6. The molecule has 0 aliphatic rings. The number of hydrogen-bond acceptors (Lipinski definition) is 15. The van der Waals surface area contributed by atoms with Crippen LogP contribution in [0, 0.1) is 0 Å². The lowest BCUT2D eigenvalue weighted by Gasteiger charge is -2.15. The normalized spacial score (nSPS) is 10.9. The van der Waals surface area contributed by atoms with E-state index in [9.17, 15) is 9.59 Å². The Morgan fingerprint density at radius 2 is 1.03 bits per heavy atom. The molecule has 0 bridgehead atoms. The fraction of sp³-hybridized carbons (Fsp3) is 0.213. The van der Waals surface area contributed by atoms with Crippen LogP contribution in [0.2, 0.25) is 0 Å². The summed E-state index contributed by atoms with van der Waals surface area (Å²) >= 11 is 1.17. The van der Waals surface area contributed by atoms with E-state index < -0.39 is 11.9 Å². The Kier molecular flexibility index (Phi) is 16.9.